The number of hydrogen-bond donors (Lipinski definition) is 2. The standard InChI is InChI=1S/C17H23N3O2.ClH/c1-13(16-12-14-4-2-3-5-15(14)22-16)17(21)19-8-11-20-9-6-18-7-10-20;/h2-5,12-13,18H,6-11H2,1H3,(H,19,21);1H. The number of rotatable bonds is 5. The predicted octanol–water partition coefficient (Wildman–Crippen LogP) is 1.98. The average Bonchev–Trinajstić information content (AvgIpc) is 2.99. The van der Waals surface area contributed by atoms with Crippen LogP contribution in [0.3, 0.4) is 0 Å². The van der Waals surface area contributed by atoms with E-state index in [1.54, 1.807) is 0 Å². The maximum absolute atomic E-state index is 12.3. The summed E-state index contributed by atoms with van der Waals surface area (Å²) in [6.45, 7) is 7.64. The monoisotopic (exact) mass is 337 g/mol. The van der Waals surface area contributed by atoms with Crippen molar-refractivity contribution in [3.63, 3.8) is 0 Å². The Morgan fingerprint density at radius 3 is 2.83 bits per heavy atom. The molecule has 0 aliphatic carbocycles. The quantitative estimate of drug-likeness (QED) is 0.876. The van der Waals surface area contributed by atoms with Crippen LogP contribution >= 0.6 is 12.4 Å². The minimum absolute atomic E-state index is 0. The number of nitrogens with zero attached hydrogens (tertiary/aromatic N) is 1. The van der Waals surface area contributed by atoms with Crippen molar-refractivity contribution >= 4 is 29.3 Å². The van der Waals surface area contributed by atoms with Crippen LogP contribution in [0.2, 0.25) is 0 Å². The minimum atomic E-state index is -0.268. The number of furan rings is 1. The Morgan fingerprint density at radius 2 is 2.09 bits per heavy atom. The lowest BCUT2D eigenvalue weighted by molar-refractivity contribution is -0.122. The topological polar surface area (TPSA) is 57.5 Å². The van der Waals surface area contributed by atoms with Gasteiger partial charge in [0, 0.05) is 44.7 Å². The Balaban J connectivity index is 0.00000192. The second-order valence-corrected chi connectivity index (χ2v) is 5.79. The molecule has 1 saturated heterocycles. The van der Waals surface area contributed by atoms with Crippen LogP contribution in [0.15, 0.2) is 34.7 Å². The number of carbonyl (C=O) groups excluding carboxylic acids is 1. The largest absolute Gasteiger partial charge is 0.460 e. The molecule has 1 aliphatic rings. The Bertz CT molecular complexity index is 605. The third-order valence-corrected chi connectivity index (χ3v) is 4.20. The Labute approximate surface area is 142 Å². The zero-order valence-corrected chi connectivity index (χ0v) is 14.2. The maximum Gasteiger partial charge on any atom is 0.230 e. The van der Waals surface area contributed by atoms with Gasteiger partial charge < -0.3 is 15.1 Å². The summed E-state index contributed by atoms with van der Waals surface area (Å²) in [6.07, 6.45) is 0. The highest BCUT2D eigenvalue weighted by molar-refractivity contribution is 5.85. The highest BCUT2D eigenvalue weighted by atomic mass is 35.5. The van der Waals surface area contributed by atoms with Crippen molar-refractivity contribution in [3.05, 3.63) is 36.1 Å². The first-order valence-corrected chi connectivity index (χ1v) is 7.93. The molecule has 126 valence electrons. The molecule has 6 heteroatoms. The summed E-state index contributed by atoms with van der Waals surface area (Å²) in [6, 6.07) is 9.79. The highest BCUT2D eigenvalue weighted by Gasteiger charge is 2.19. The van der Waals surface area contributed by atoms with E-state index in [0.29, 0.717) is 6.54 Å². The van der Waals surface area contributed by atoms with Gasteiger partial charge in [0.2, 0.25) is 5.91 Å². The third-order valence-electron chi connectivity index (χ3n) is 4.20. The fourth-order valence-electron chi connectivity index (χ4n) is 2.77. The third kappa shape index (κ3) is 4.47. The molecule has 0 bridgehead atoms. The Morgan fingerprint density at radius 1 is 1.35 bits per heavy atom. The first-order chi connectivity index (χ1) is 10.7. The summed E-state index contributed by atoms with van der Waals surface area (Å²) < 4.78 is 5.77. The summed E-state index contributed by atoms with van der Waals surface area (Å²) in [4.78, 5) is 14.6. The van der Waals surface area contributed by atoms with E-state index < -0.39 is 0 Å². The lowest BCUT2D eigenvalue weighted by Crippen LogP contribution is -2.46. The molecule has 2 aromatic rings. The van der Waals surface area contributed by atoms with Crippen LogP contribution in [0.1, 0.15) is 18.6 Å². The van der Waals surface area contributed by atoms with Gasteiger partial charge in [0.05, 0.1) is 5.92 Å². The number of nitrogens with one attached hydrogen (secondary N) is 2. The second kappa shape index (κ2) is 8.34. The average molecular weight is 338 g/mol. The number of halogens is 1. The van der Waals surface area contributed by atoms with Gasteiger partial charge in [-0.1, -0.05) is 18.2 Å². The number of hydrogen-bond acceptors (Lipinski definition) is 4. The van der Waals surface area contributed by atoms with Crippen LogP contribution in [-0.2, 0) is 4.79 Å². The lowest BCUT2D eigenvalue weighted by atomic mass is 10.1. The maximum atomic E-state index is 12.3. The number of benzene rings is 1. The van der Waals surface area contributed by atoms with Crippen molar-refractivity contribution in [1.82, 2.24) is 15.5 Å². The molecule has 1 aromatic carbocycles. The molecule has 1 atom stereocenters. The van der Waals surface area contributed by atoms with Gasteiger partial charge in [-0.15, -0.1) is 12.4 Å². The van der Waals surface area contributed by atoms with Crippen LogP contribution in [0.4, 0.5) is 0 Å². The molecule has 1 aliphatic heterocycles. The normalized spacial score (nSPS) is 16.7. The van der Waals surface area contributed by atoms with Gasteiger partial charge in [0.25, 0.3) is 0 Å². The van der Waals surface area contributed by atoms with Crippen molar-refractivity contribution in [2.75, 3.05) is 39.3 Å². The summed E-state index contributed by atoms with van der Waals surface area (Å²) in [5, 5.41) is 7.38. The van der Waals surface area contributed by atoms with Crippen LogP contribution in [0.5, 0.6) is 0 Å². The van der Waals surface area contributed by atoms with Crippen molar-refractivity contribution in [3.8, 4) is 0 Å². The first kappa shape index (κ1) is 17.8. The van der Waals surface area contributed by atoms with Gasteiger partial charge >= 0.3 is 0 Å². The van der Waals surface area contributed by atoms with E-state index in [1.165, 1.54) is 0 Å². The van der Waals surface area contributed by atoms with Crippen LogP contribution < -0.4 is 10.6 Å². The number of para-hydroxylation sites is 1. The molecule has 5 nitrogen and oxygen atoms in total. The molecule has 1 unspecified atom stereocenters. The van der Waals surface area contributed by atoms with Gasteiger partial charge in [-0.05, 0) is 19.1 Å². The van der Waals surface area contributed by atoms with Crippen molar-refractivity contribution in [2.24, 2.45) is 0 Å². The van der Waals surface area contributed by atoms with Gasteiger partial charge in [0.1, 0.15) is 11.3 Å². The van der Waals surface area contributed by atoms with E-state index >= 15 is 0 Å². The van der Waals surface area contributed by atoms with Gasteiger partial charge in [-0.25, -0.2) is 0 Å². The van der Waals surface area contributed by atoms with E-state index in [-0.39, 0.29) is 24.2 Å². The second-order valence-electron chi connectivity index (χ2n) is 5.79. The van der Waals surface area contributed by atoms with Crippen molar-refractivity contribution < 1.29 is 9.21 Å². The first-order valence-electron chi connectivity index (χ1n) is 7.93. The van der Waals surface area contributed by atoms with Gasteiger partial charge in [-0.2, -0.15) is 0 Å². The van der Waals surface area contributed by atoms with Crippen LogP contribution in [0, 0.1) is 0 Å². The molecule has 3 rings (SSSR count). The molecule has 0 saturated carbocycles. The molecule has 1 fully saturated rings. The minimum Gasteiger partial charge on any atom is -0.460 e. The number of fused-ring (bicyclic) bond motifs is 1. The van der Waals surface area contributed by atoms with Crippen LogP contribution in [0.25, 0.3) is 11.0 Å². The predicted molar refractivity (Wildman–Crippen MR) is 94.2 cm³/mol. The summed E-state index contributed by atoms with van der Waals surface area (Å²) in [5.74, 6) is 0.477. The van der Waals surface area contributed by atoms with E-state index in [2.05, 4.69) is 15.5 Å². The van der Waals surface area contributed by atoms with Crippen molar-refractivity contribution in [1.29, 1.82) is 0 Å². The molecular formula is C17H24ClN3O2. The Kier molecular flexibility index (Phi) is 6.45. The summed E-state index contributed by atoms with van der Waals surface area (Å²) >= 11 is 0. The van der Waals surface area contributed by atoms with E-state index in [1.807, 2.05) is 37.3 Å². The summed E-state index contributed by atoms with van der Waals surface area (Å²) in [5.41, 5.74) is 0.831. The van der Waals surface area contributed by atoms with Crippen LogP contribution in [-0.4, -0.2) is 50.1 Å². The van der Waals surface area contributed by atoms with E-state index in [0.717, 1.165) is 49.5 Å². The summed E-state index contributed by atoms with van der Waals surface area (Å²) in [7, 11) is 0. The van der Waals surface area contributed by atoms with Gasteiger partial charge in [0.15, 0.2) is 0 Å². The fourth-order valence-corrected chi connectivity index (χ4v) is 2.77. The zero-order chi connectivity index (χ0) is 15.4. The SMILES string of the molecule is CC(C(=O)NCCN1CCNCC1)c1cc2ccccc2o1.Cl. The smallest absolute Gasteiger partial charge is 0.230 e. The number of piperazine rings is 1. The molecule has 0 spiro atoms. The van der Waals surface area contributed by atoms with E-state index in [9.17, 15) is 4.79 Å². The molecule has 1 amide bonds. The fraction of sp³-hybridized carbons (Fsp3) is 0.471. The molecule has 0 radical (unpaired) electrons. The molecule has 1 aromatic heterocycles. The number of amides is 1. The van der Waals surface area contributed by atoms with Crippen molar-refractivity contribution in [2.45, 2.75) is 12.8 Å². The molecule has 23 heavy (non-hydrogen) atoms. The van der Waals surface area contributed by atoms with Gasteiger partial charge in [-0.3, -0.25) is 9.69 Å². The molecule has 2 heterocycles. The highest BCUT2D eigenvalue weighted by Crippen LogP contribution is 2.24. The zero-order valence-electron chi connectivity index (χ0n) is 13.4. The lowest BCUT2D eigenvalue weighted by Gasteiger charge is -2.27. The molecule has 2 N–H and O–H groups in total. The Hall–Kier alpha value is -1.56. The molecular weight excluding hydrogens is 314 g/mol. The van der Waals surface area contributed by atoms with E-state index in [4.69, 9.17) is 4.42 Å². The number of carbonyl (C=O) groups is 1.